The first-order valence-electron chi connectivity index (χ1n) is 8.83. The molecule has 0 spiro atoms. The van der Waals surface area contributed by atoms with Crippen LogP contribution in [0.15, 0.2) is 48.5 Å². The molecular formula is C21H18N2O3. The van der Waals surface area contributed by atoms with Gasteiger partial charge in [0.25, 0.3) is 0 Å². The topological polar surface area (TPSA) is 57.7 Å². The van der Waals surface area contributed by atoms with Gasteiger partial charge in [-0.3, -0.25) is 19.4 Å². The van der Waals surface area contributed by atoms with Crippen molar-refractivity contribution in [1.29, 1.82) is 0 Å². The molecule has 1 fully saturated rings. The number of nitrogens with zero attached hydrogens (tertiary/aromatic N) is 2. The first kappa shape index (κ1) is 15.3. The number of hydrogen-bond acceptors (Lipinski definition) is 3. The number of hydrogen-bond donors (Lipinski definition) is 0. The fraction of sp³-hybridized carbons (Fsp3) is 0.286. The summed E-state index contributed by atoms with van der Waals surface area (Å²) >= 11 is 0. The Kier molecular flexibility index (Phi) is 2.97. The van der Waals surface area contributed by atoms with Crippen molar-refractivity contribution in [2.24, 2.45) is 0 Å². The highest BCUT2D eigenvalue weighted by Gasteiger charge is 2.62. The Labute approximate surface area is 151 Å². The summed E-state index contributed by atoms with van der Waals surface area (Å²) in [6, 6.07) is 15.1. The molecule has 3 aliphatic carbocycles. The molecule has 0 radical (unpaired) electrons. The molecule has 5 nitrogen and oxygen atoms in total. The normalized spacial score (nSPS) is 27.8. The lowest BCUT2D eigenvalue weighted by Gasteiger charge is -2.49. The van der Waals surface area contributed by atoms with Crippen molar-refractivity contribution < 1.29 is 14.4 Å². The Balaban J connectivity index is 1.83. The first-order chi connectivity index (χ1) is 12.5. The standard InChI is InChI=1S/C21H18N2O3/c1-11(24)22-19-17-13-7-3-5-9-15(13)18(16-10-6-4-8-14(16)17)20(19)23(12(2)25)21(22)26/h3-10,17-20H,1-2H3/t17?,18?,19-,20+. The van der Waals surface area contributed by atoms with Crippen molar-refractivity contribution in [1.82, 2.24) is 9.80 Å². The molecule has 4 aliphatic rings. The maximum Gasteiger partial charge on any atom is 0.334 e. The van der Waals surface area contributed by atoms with Gasteiger partial charge in [-0.2, -0.15) is 0 Å². The Hall–Kier alpha value is -2.95. The minimum absolute atomic E-state index is 0.102. The summed E-state index contributed by atoms with van der Waals surface area (Å²) in [6.07, 6.45) is 0. The van der Waals surface area contributed by atoms with Gasteiger partial charge < -0.3 is 0 Å². The summed E-state index contributed by atoms with van der Waals surface area (Å²) in [5.74, 6) is -0.822. The van der Waals surface area contributed by atoms with E-state index in [2.05, 4.69) is 24.3 Å². The first-order valence-corrected chi connectivity index (χ1v) is 8.83. The lowest BCUT2D eigenvalue weighted by molar-refractivity contribution is -0.128. The summed E-state index contributed by atoms with van der Waals surface area (Å²) in [6.45, 7) is 2.80. The molecule has 2 atom stereocenters. The number of amides is 4. The smallest absolute Gasteiger partial charge is 0.275 e. The molecule has 1 aliphatic heterocycles. The maximum absolute atomic E-state index is 13.0. The second-order valence-corrected chi connectivity index (χ2v) is 7.25. The van der Waals surface area contributed by atoms with E-state index in [1.165, 1.54) is 23.6 Å². The van der Waals surface area contributed by atoms with Gasteiger partial charge in [0, 0.05) is 25.7 Å². The molecule has 5 heteroatoms. The van der Waals surface area contributed by atoms with Gasteiger partial charge in [0.1, 0.15) is 0 Å². The van der Waals surface area contributed by atoms with Crippen molar-refractivity contribution in [3.05, 3.63) is 70.8 Å². The Morgan fingerprint density at radius 1 is 0.692 bits per heavy atom. The number of rotatable bonds is 0. The monoisotopic (exact) mass is 346 g/mol. The van der Waals surface area contributed by atoms with Crippen LogP contribution in [-0.2, 0) is 9.59 Å². The zero-order valence-corrected chi connectivity index (χ0v) is 14.5. The molecule has 1 saturated heterocycles. The third kappa shape index (κ3) is 1.68. The summed E-state index contributed by atoms with van der Waals surface area (Å²) in [4.78, 5) is 40.3. The summed E-state index contributed by atoms with van der Waals surface area (Å²) in [5.41, 5.74) is 4.62. The number of imide groups is 2. The third-order valence-corrected chi connectivity index (χ3v) is 6.05. The van der Waals surface area contributed by atoms with E-state index >= 15 is 0 Å². The molecule has 130 valence electrons. The highest BCUT2D eigenvalue weighted by molar-refractivity contribution is 6.04. The van der Waals surface area contributed by atoms with Gasteiger partial charge in [-0.25, -0.2) is 4.79 Å². The van der Waals surface area contributed by atoms with E-state index in [0.717, 1.165) is 22.3 Å². The van der Waals surface area contributed by atoms with Crippen LogP contribution in [0.4, 0.5) is 4.79 Å². The van der Waals surface area contributed by atoms with Crippen molar-refractivity contribution in [3.63, 3.8) is 0 Å². The summed E-state index contributed by atoms with van der Waals surface area (Å²) in [7, 11) is 0. The van der Waals surface area contributed by atoms with Crippen LogP contribution in [0.25, 0.3) is 0 Å². The predicted molar refractivity (Wildman–Crippen MR) is 94.6 cm³/mol. The SMILES string of the molecule is CC(=O)N1C(=O)N(C(C)=O)[C@H]2C3c4ccccc4C(c4ccccc43)[C@H]21. The predicted octanol–water partition coefficient (Wildman–Crippen LogP) is 2.85. The fourth-order valence-electron chi connectivity index (χ4n) is 5.28. The van der Waals surface area contributed by atoms with Crippen LogP contribution >= 0.6 is 0 Å². The maximum atomic E-state index is 13.0. The van der Waals surface area contributed by atoms with Gasteiger partial charge in [0.05, 0.1) is 12.1 Å². The highest BCUT2D eigenvalue weighted by Crippen LogP contribution is 2.57. The van der Waals surface area contributed by atoms with E-state index in [1.807, 2.05) is 24.3 Å². The van der Waals surface area contributed by atoms with E-state index in [0.29, 0.717) is 0 Å². The van der Waals surface area contributed by atoms with Gasteiger partial charge in [-0.05, 0) is 22.3 Å². The molecule has 0 saturated carbocycles. The lowest BCUT2D eigenvalue weighted by atomic mass is 9.59. The molecule has 2 aromatic carbocycles. The van der Waals surface area contributed by atoms with Crippen molar-refractivity contribution in [2.45, 2.75) is 37.8 Å². The highest BCUT2D eigenvalue weighted by atomic mass is 16.2. The van der Waals surface area contributed by atoms with Gasteiger partial charge in [0.2, 0.25) is 11.8 Å². The average Bonchev–Trinajstić information content (AvgIpc) is 2.94. The van der Waals surface area contributed by atoms with E-state index in [4.69, 9.17) is 0 Å². The number of carbonyl (C=O) groups excluding carboxylic acids is 3. The van der Waals surface area contributed by atoms with Crippen LogP contribution in [0.3, 0.4) is 0 Å². The van der Waals surface area contributed by atoms with E-state index in [9.17, 15) is 14.4 Å². The molecular weight excluding hydrogens is 328 g/mol. The zero-order chi connectivity index (χ0) is 18.2. The zero-order valence-electron chi connectivity index (χ0n) is 14.5. The number of benzene rings is 2. The average molecular weight is 346 g/mol. The second kappa shape index (κ2) is 5.04. The number of urea groups is 1. The van der Waals surface area contributed by atoms with Gasteiger partial charge in [-0.15, -0.1) is 0 Å². The lowest BCUT2D eigenvalue weighted by Crippen LogP contribution is -2.54. The largest absolute Gasteiger partial charge is 0.334 e. The molecule has 0 N–H and O–H groups in total. The Morgan fingerprint density at radius 3 is 1.27 bits per heavy atom. The van der Waals surface area contributed by atoms with Crippen LogP contribution in [0.2, 0.25) is 0 Å². The summed E-state index contributed by atoms with van der Waals surface area (Å²) < 4.78 is 0. The second-order valence-electron chi connectivity index (χ2n) is 7.25. The number of carbonyl (C=O) groups is 3. The molecule has 1 heterocycles. The molecule has 0 unspecified atom stereocenters. The molecule has 0 aromatic heterocycles. The van der Waals surface area contributed by atoms with Gasteiger partial charge >= 0.3 is 6.03 Å². The molecule has 6 rings (SSSR count). The van der Waals surface area contributed by atoms with E-state index in [1.54, 1.807) is 0 Å². The van der Waals surface area contributed by atoms with Crippen LogP contribution < -0.4 is 0 Å². The van der Waals surface area contributed by atoms with Crippen molar-refractivity contribution >= 4 is 17.8 Å². The van der Waals surface area contributed by atoms with Crippen LogP contribution in [0.1, 0.15) is 47.9 Å². The van der Waals surface area contributed by atoms with Crippen molar-refractivity contribution in [2.75, 3.05) is 0 Å². The fourth-order valence-corrected chi connectivity index (χ4v) is 5.28. The molecule has 2 aromatic rings. The van der Waals surface area contributed by atoms with Gasteiger partial charge in [0.15, 0.2) is 0 Å². The van der Waals surface area contributed by atoms with E-state index < -0.39 is 6.03 Å². The van der Waals surface area contributed by atoms with Crippen LogP contribution in [-0.4, -0.2) is 39.7 Å². The molecule has 4 amide bonds. The van der Waals surface area contributed by atoms with Gasteiger partial charge in [-0.1, -0.05) is 48.5 Å². The Morgan fingerprint density at radius 2 is 1.00 bits per heavy atom. The quantitative estimate of drug-likeness (QED) is 0.737. The molecule has 2 bridgehead atoms. The summed E-state index contributed by atoms with van der Waals surface area (Å²) in [5, 5.41) is 0. The van der Waals surface area contributed by atoms with E-state index in [-0.39, 0.29) is 35.7 Å². The minimum Gasteiger partial charge on any atom is -0.275 e. The minimum atomic E-state index is -0.490. The Bertz CT molecular complexity index is 859. The third-order valence-electron chi connectivity index (χ3n) is 6.05. The van der Waals surface area contributed by atoms with Crippen molar-refractivity contribution in [3.8, 4) is 0 Å². The van der Waals surface area contributed by atoms with Crippen LogP contribution in [0, 0.1) is 0 Å². The molecule has 26 heavy (non-hydrogen) atoms. The van der Waals surface area contributed by atoms with Crippen LogP contribution in [0.5, 0.6) is 0 Å².